The van der Waals surface area contributed by atoms with E-state index in [2.05, 4.69) is 29.2 Å². The molecule has 170 valence electrons. The van der Waals surface area contributed by atoms with Gasteiger partial charge in [-0.2, -0.15) is 0 Å². The number of amides is 1. The molecule has 3 aromatic carbocycles. The summed E-state index contributed by atoms with van der Waals surface area (Å²) in [5.74, 6) is 0.672. The van der Waals surface area contributed by atoms with E-state index in [1.54, 1.807) is 0 Å². The van der Waals surface area contributed by atoms with Gasteiger partial charge in [-0.15, -0.1) is 0 Å². The van der Waals surface area contributed by atoms with Crippen LogP contribution in [0.2, 0.25) is 0 Å². The summed E-state index contributed by atoms with van der Waals surface area (Å²) in [4.78, 5) is 17.5. The molecule has 0 radical (unpaired) electrons. The maximum atomic E-state index is 13.2. The van der Waals surface area contributed by atoms with E-state index in [-0.39, 0.29) is 11.8 Å². The van der Waals surface area contributed by atoms with Crippen molar-refractivity contribution in [1.82, 2.24) is 9.80 Å². The molecule has 0 saturated carbocycles. The normalized spacial score (nSPS) is 15.1. The molecule has 0 bridgehead atoms. The molecule has 1 fully saturated rings. The summed E-state index contributed by atoms with van der Waals surface area (Å²) < 4.78 is 0. The van der Waals surface area contributed by atoms with Gasteiger partial charge in [0.05, 0.1) is 5.76 Å². The second-order valence-corrected chi connectivity index (χ2v) is 8.60. The van der Waals surface area contributed by atoms with Crippen molar-refractivity contribution in [3.8, 4) is 0 Å². The Morgan fingerprint density at radius 2 is 1.30 bits per heavy atom. The molecule has 0 aliphatic carbocycles. The second kappa shape index (κ2) is 11.5. The van der Waals surface area contributed by atoms with E-state index in [9.17, 15) is 9.90 Å². The number of hydrogen-bond acceptors (Lipinski definition) is 3. The zero-order valence-corrected chi connectivity index (χ0v) is 19.0. The van der Waals surface area contributed by atoms with Gasteiger partial charge < -0.3 is 10.0 Å². The van der Waals surface area contributed by atoms with Crippen molar-refractivity contribution in [1.29, 1.82) is 0 Å². The van der Waals surface area contributed by atoms with Crippen LogP contribution in [0.25, 0.3) is 6.08 Å². The van der Waals surface area contributed by atoms with Gasteiger partial charge >= 0.3 is 0 Å². The van der Waals surface area contributed by atoms with Crippen molar-refractivity contribution in [3.05, 3.63) is 113 Å². The lowest BCUT2D eigenvalue weighted by molar-refractivity contribution is -0.133. The molecule has 0 atom stereocenters. The average molecular weight is 441 g/mol. The van der Waals surface area contributed by atoms with Gasteiger partial charge in [-0.3, -0.25) is 9.69 Å². The van der Waals surface area contributed by atoms with Crippen LogP contribution >= 0.6 is 0 Å². The van der Waals surface area contributed by atoms with Crippen LogP contribution in [0.5, 0.6) is 0 Å². The molecule has 4 heteroatoms. The lowest BCUT2D eigenvalue weighted by Gasteiger charge is -2.35. The number of carbonyl (C=O) groups is 1. The molecule has 4 rings (SSSR count). The van der Waals surface area contributed by atoms with E-state index in [1.165, 1.54) is 11.1 Å². The fraction of sp³-hybridized carbons (Fsp3) is 0.276. The van der Waals surface area contributed by atoms with Crippen LogP contribution in [0.3, 0.4) is 0 Å². The van der Waals surface area contributed by atoms with Crippen molar-refractivity contribution in [3.63, 3.8) is 0 Å². The number of hydrogen-bond donors (Lipinski definition) is 1. The smallest absolute Gasteiger partial charge is 0.223 e. The van der Waals surface area contributed by atoms with Crippen molar-refractivity contribution in [2.45, 2.75) is 18.8 Å². The number of carbonyl (C=O) groups excluding carboxylic acids is 1. The Labute approximate surface area is 196 Å². The van der Waals surface area contributed by atoms with Gasteiger partial charge in [-0.1, -0.05) is 91.0 Å². The summed E-state index contributed by atoms with van der Waals surface area (Å²) >= 11 is 0. The first-order valence-corrected chi connectivity index (χ1v) is 11.7. The maximum Gasteiger partial charge on any atom is 0.223 e. The fourth-order valence-electron chi connectivity index (χ4n) is 4.41. The van der Waals surface area contributed by atoms with E-state index >= 15 is 0 Å². The van der Waals surface area contributed by atoms with Gasteiger partial charge in [0, 0.05) is 51.5 Å². The minimum absolute atomic E-state index is 0.0676. The predicted octanol–water partition coefficient (Wildman–Crippen LogP) is 5.34. The molecular formula is C29H32N2O2. The number of rotatable bonds is 8. The molecule has 33 heavy (non-hydrogen) atoms. The Kier molecular flexibility index (Phi) is 7.94. The second-order valence-electron chi connectivity index (χ2n) is 8.60. The third-order valence-corrected chi connectivity index (χ3v) is 6.32. The zero-order valence-electron chi connectivity index (χ0n) is 19.0. The Balaban J connectivity index is 1.30. The maximum absolute atomic E-state index is 13.2. The van der Waals surface area contributed by atoms with Crippen LogP contribution in [0, 0.1) is 0 Å². The highest BCUT2D eigenvalue weighted by Crippen LogP contribution is 2.28. The number of piperazine rings is 1. The standard InChI is InChI=1S/C29H32N2O2/c32-27(22-24-10-4-1-5-11-24)16-17-30-18-20-31(21-19-30)29(33)23-28(25-12-6-2-7-13-25)26-14-8-3-9-15-26/h1-15,22,28,32H,16-21,23H2/b27-22-. The summed E-state index contributed by atoms with van der Waals surface area (Å²) in [6.07, 6.45) is 2.93. The van der Waals surface area contributed by atoms with Crippen LogP contribution in [0.1, 0.15) is 35.4 Å². The van der Waals surface area contributed by atoms with Gasteiger partial charge in [0.15, 0.2) is 0 Å². The zero-order chi connectivity index (χ0) is 22.9. The monoisotopic (exact) mass is 440 g/mol. The van der Waals surface area contributed by atoms with Crippen LogP contribution in [0.4, 0.5) is 0 Å². The van der Waals surface area contributed by atoms with Crippen molar-refractivity contribution < 1.29 is 9.90 Å². The average Bonchev–Trinajstić information content (AvgIpc) is 2.88. The fourth-order valence-corrected chi connectivity index (χ4v) is 4.41. The highest BCUT2D eigenvalue weighted by atomic mass is 16.3. The third-order valence-electron chi connectivity index (χ3n) is 6.32. The first-order chi connectivity index (χ1) is 16.2. The molecule has 4 nitrogen and oxygen atoms in total. The lowest BCUT2D eigenvalue weighted by atomic mass is 9.88. The largest absolute Gasteiger partial charge is 0.512 e. The molecule has 3 aromatic rings. The first kappa shape index (κ1) is 22.8. The Morgan fingerprint density at radius 3 is 1.85 bits per heavy atom. The van der Waals surface area contributed by atoms with Gasteiger partial charge in [0.25, 0.3) is 0 Å². The third kappa shape index (κ3) is 6.56. The predicted molar refractivity (Wildman–Crippen MR) is 134 cm³/mol. The number of aliphatic hydroxyl groups excluding tert-OH is 1. The summed E-state index contributed by atoms with van der Waals surface area (Å²) in [7, 11) is 0. The van der Waals surface area contributed by atoms with Gasteiger partial charge in [0.1, 0.15) is 0 Å². The minimum Gasteiger partial charge on any atom is -0.512 e. The molecule has 1 aliphatic rings. The topological polar surface area (TPSA) is 43.8 Å². The van der Waals surface area contributed by atoms with E-state index in [1.807, 2.05) is 77.7 Å². The number of nitrogens with zero attached hydrogens (tertiary/aromatic N) is 2. The van der Waals surface area contributed by atoms with E-state index in [4.69, 9.17) is 0 Å². The van der Waals surface area contributed by atoms with Crippen LogP contribution in [-0.2, 0) is 4.79 Å². The summed E-state index contributed by atoms with van der Waals surface area (Å²) in [5, 5.41) is 10.3. The Hall–Kier alpha value is -3.37. The number of aliphatic hydroxyl groups is 1. The molecule has 0 spiro atoms. The van der Waals surface area contributed by atoms with E-state index in [0.29, 0.717) is 18.6 Å². The quantitative estimate of drug-likeness (QED) is 0.481. The molecule has 1 N–H and O–H groups in total. The molecule has 1 saturated heterocycles. The van der Waals surface area contributed by atoms with E-state index in [0.717, 1.165) is 38.3 Å². The summed E-state index contributed by atoms with van der Waals surface area (Å²) in [6, 6.07) is 30.5. The lowest BCUT2D eigenvalue weighted by Crippen LogP contribution is -2.49. The molecule has 1 aliphatic heterocycles. The highest BCUT2D eigenvalue weighted by molar-refractivity contribution is 5.78. The van der Waals surface area contributed by atoms with Crippen molar-refractivity contribution in [2.75, 3.05) is 32.7 Å². The molecular weight excluding hydrogens is 408 g/mol. The minimum atomic E-state index is 0.0676. The molecule has 0 unspecified atom stereocenters. The van der Waals surface area contributed by atoms with Crippen LogP contribution in [0.15, 0.2) is 96.8 Å². The van der Waals surface area contributed by atoms with E-state index < -0.39 is 0 Å². The molecule has 1 heterocycles. The molecule has 1 amide bonds. The number of benzene rings is 3. The first-order valence-electron chi connectivity index (χ1n) is 11.7. The van der Waals surface area contributed by atoms with Gasteiger partial charge in [0.2, 0.25) is 5.91 Å². The van der Waals surface area contributed by atoms with Crippen molar-refractivity contribution >= 4 is 12.0 Å². The Morgan fingerprint density at radius 1 is 0.788 bits per heavy atom. The SMILES string of the molecule is O=C(CC(c1ccccc1)c1ccccc1)N1CCN(CC/C(O)=C/c2ccccc2)CC1. The van der Waals surface area contributed by atoms with Crippen molar-refractivity contribution in [2.24, 2.45) is 0 Å². The summed E-state index contributed by atoms with van der Waals surface area (Å²) in [6.45, 7) is 3.95. The Bertz CT molecular complexity index is 987. The van der Waals surface area contributed by atoms with Gasteiger partial charge in [-0.25, -0.2) is 0 Å². The van der Waals surface area contributed by atoms with Crippen LogP contribution < -0.4 is 0 Å². The highest BCUT2D eigenvalue weighted by Gasteiger charge is 2.25. The summed E-state index contributed by atoms with van der Waals surface area (Å²) in [5.41, 5.74) is 3.37. The van der Waals surface area contributed by atoms with Gasteiger partial charge in [-0.05, 0) is 22.8 Å². The van der Waals surface area contributed by atoms with Crippen LogP contribution in [-0.4, -0.2) is 53.5 Å². The molecule has 0 aromatic heterocycles.